The maximum atomic E-state index is 10.9. The molecule has 0 radical (unpaired) electrons. The van der Waals surface area contributed by atoms with Crippen LogP contribution in [0.3, 0.4) is 0 Å². The molecule has 1 aromatic carbocycles. The van der Waals surface area contributed by atoms with Crippen molar-refractivity contribution in [3.8, 4) is 11.5 Å². The Bertz CT molecular complexity index is 671. The summed E-state index contributed by atoms with van der Waals surface area (Å²) in [6.07, 6.45) is 2.55. The second-order valence-corrected chi connectivity index (χ2v) is 5.49. The molecule has 0 bridgehead atoms. The number of methoxy groups -OCH3 is 1. The summed E-state index contributed by atoms with van der Waals surface area (Å²) in [5, 5.41) is 0. The number of rotatable bonds is 5. The van der Waals surface area contributed by atoms with Gasteiger partial charge in [0.15, 0.2) is 6.29 Å². The van der Waals surface area contributed by atoms with Gasteiger partial charge in [0.05, 0.1) is 12.8 Å². The van der Waals surface area contributed by atoms with Crippen molar-refractivity contribution in [1.82, 2.24) is 4.98 Å². The average molecular weight is 350 g/mol. The lowest BCUT2D eigenvalue weighted by Crippen LogP contribution is -2.04. The molecule has 0 saturated carbocycles. The van der Waals surface area contributed by atoms with Gasteiger partial charge >= 0.3 is 0 Å². The molecular formula is C16H16BrNO3. The van der Waals surface area contributed by atoms with Crippen LogP contribution in [0.4, 0.5) is 0 Å². The first-order valence-electron chi connectivity index (χ1n) is 6.43. The van der Waals surface area contributed by atoms with Gasteiger partial charge < -0.3 is 9.47 Å². The second-order valence-electron chi connectivity index (χ2n) is 4.64. The van der Waals surface area contributed by atoms with E-state index in [0.717, 1.165) is 33.3 Å². The third kappa shape index (κ3) is 3.42. The van der Waals surface area contributed by atoms with Crippen molar-refractivity contribution in [3.05, 3.63) is 51.3 Å². The molecule has 0 unspecified atom stereocenters. The fourth-order valence-electron chi connectivity index (χ4n) is 2.07. The zero-order valence-electron chi connectivity index (χ0n) is 12.1. The van der Waals surface area contributed by atoms with E-state index in [0.29, 0.717) is 17.9 Å². The Morgan fingerprint density at radius 1 is 1.33 bits per heavy atom. The van der Waals surface area contributed by atoms with Crippen molar-refractivity contribution in [2.75, 3.05) is 7.11 Å². The van der Waals surface area contributed by atoms with Gasteiger partial charge in [-0.2, -0.15) is 0 Å². The zero-order chi connectivity index (χ0) is 15.4. The number of benzene rings is 1. The molecule has 0 amide bonds. The minimum absolute atomic E-state index is 0.322. The fourth-order valence-corrected chi connectivity index (χ4v) is 2.41. The predicted octanol–water partition coefficient (Wildman–Crippen LogP) is 3.86. The molecular weight excluding hydrogens is 334 g/mol. The highest BCUT2D eigenvalue weighted by Gasteiger charge is 2.10. The Hall–Kier alpha value is -1.88. The molecule has 0 N–H and O–H groups in total. The summed E-state index contributed by atoms with van der Waals surface area (Å²) in [6, 6.07) is 5.28. The summed E-state index contributed by atoms with van der Waals surface area (Å²) < 4.78 is 11.8. The number of hydrogen-bond donors (Lipinski definition) is 0. The first kappa shape index (κ1) is 15.5. The molecule has 0 spiro atoms. The van der Waals surface area contributed by atoms with Crippen LogP contribution in [0.15, 0.2) is 28.9 Å². The molecule has 0 aliphatic heterocycles. The molecule has 1 aromatic heterocycles. The first-order chi connectivity index (χ1) is 10.1. The predicted molar refractivity (Wildman–Crippen MR) is 84.1 cm³/mol. The molecule has 0 fully saturated rings. The lowest BCUT2D eigenvalue weighted by molar-refractivity contribution is 0.112. The third-order valence-electron chi connectivity index (χ3n) is 3.22. The van der Waals surface area contributed by atoms with E-state index in [1.54, 1.807) is 31.5 Å². The highest BCUT2D eigenvalue weighted by Crippen LogP contribution is 2.26. The quantitative estimate of drug-likeness (QED) is 0.769. The van der Waals surface area contributed by atoms with Gasteiger partial charge in [0, 0.05) is 27.4 Å². The van der Waals surface area contributed by atoms with E-state index >= 15 is 0 Å². The highest BCUT2D eigenvalue weighted by molar-refractivity contribution is 9.10. The number of ether oxygens (including phenoxy) is 2. The van der Waals surface area contributed by atoms with Gasteiger partial charge in [-0.05, 0) is 32.0 Å². The number of carbonyl (C=O) groups excluding carboxylic acids is 1. The summed E-state index contributed by atoms with van der Waals surface area (Å²) in [6.45, 7) is 4.23. The number of nitrogens with zero attached hydrogens (tertiary/aromatic N) is 1. The topological polar surface area (TPSA) is 48.4 Å². The van der Waals surface area contributed by atoms with Gasteiger partial charge in [-0.15, -0.1) is 0 Å². The van der Waals surface area contributed by atoms with Crippen LogP contribution >= 0.6 is 15.9 Å². The molecule has 5 heteroatoms. The Labute approximate surface area is 132 Å². The first-order valence-corrected chi connectivity index (χ1v) is 7.22. The van der Waals surface area contributed by atoms with Crippen molar-refractivity contribution in [3.63, 3.8) is 0 Å². The lowest BCUT2D eigenvalue weighted by atomic mass is 10.1. The Morgan fingerprint density at radius 2 is 2.10 bits per heavy atom. The van der Waals surface area contributed by atoms with Gasteiger partial charge in [0.25, 0.3) is 0 Å². The molecule has 2 aromatic rings. The smallest absolute Gasteiger partial charge is 0.151 e. The lowest BCUT2D eigenvalue weighted by Gasteiger charge is -2.13. The highest BCUT2D eigenvalue weighted by atomic mass is 79.9. The van der Waals surface area contributed by atoms with Crippen LogP contribution in [0, 0.1) is 13.8 Å². The normalized spacial score (nSPS) is 10.3. The summed E-state index contributed by atoms with van der Waals surface area (Å²) in [5.41, 5.74) is 3.32. The standard InChI is InChI=1S/C16H16BrNO3/c1-10-7-18-15(11(2)16(10)20-3)9-21-13-4-5-14(17)12(6-13)8-19/h4-8H,9H2,1-3H3. The molecule has 0 atom stereocenters. The number of hydrogen-bond acceptors (Lipinski definition) is 4. The fraction of sp³-hybridized carbons (Fsp3) is 0.250. The van der Waals surface area contributed by atoms with E-state index < -0.39 is 0 Å². The van der Waals surface area contributed by atoms with Crippen molar-refractivity contribution in [1.29, 1.82) is 0 Å². The van der Waals surface area contributed by atoms with Crippen LogP contribution in [-0.2, 0) is 6.61 Å². The van der Waals surface area contributed by atoms with Gasteiger partial charge in [-0.25, -0.2) is 0 Å². The van der Waals surface area contributed by atoms with E-state index in [1.807, 2.05) is 13.8 Å². The van der Waals surface area contributed by atoms with Crippen LogP contribution < -0.4 is 9.47 Å². The minimum Gasteiger partial charge on any atom is -0.496 e. The molecule has 21 heavy (non-hydrogen) atoms. The van der Waals surface area contributed by atoms with Gasteiger partial charge in [-0.1, -0.05) is 15.9 Å². The Kier molecular flexibility index (Phi) is 4.96. The van der Waals surface area contributed by atoms with Gasteiger partial charge in [0.1, 0.15) is 18.1 Å². The molecule has 0 aliphatic carbocycles. The Balaban J connectivity index is 2.19. The molecule has 0 saturated heterocycles. The number of aromatic nitrogens is 1. The van der Waals surface area contributed by atoms with Crippen LogP contribution in [0.5, 0.6) is 11.5 Å². The van der Waals surface area contributed by atoms with E-state index in [1.165, 1.54) is 0 Å². The summed E-state index contributed by atoms with van der Waals surface area (Å²) >= 11 is 3.31. The van der Waals surface area contributed by atoms with E-state index in [9.17, 15) is 4.79 Å². The van der Waals surface area contributed by atoms with Crippen molar-refractivity contribution >= 4 is 22.2 Å². The number of aryl methyl sites for hydroxylation is 1. The van der Waals surface area contributed by atoms with Crippen molar-refractivity contribution in [2.45, 2.75) is 20.5 Å². The van der Waals surface area contributed by atoms with E-state index in [4.69, 9.17) is 9.47 Å². The van der Waals surface area contributed by atoms with Crippen LogP contribution in [0.25, 0.3) is 0 Å². The molecule has 1 heterocycles. The summed E-state index contributed by atoms with van der Waals surface area (Å²) in [5.74, 6) is 1.45. The summed E-state index contributed by atoms with van der Waals surface area (Å²) in [7, 11) is 1.64. The van der Waals surface area contributed by atoms with Crippen molar-refractivity contribution in [2.24, 2.45) is 0 Å². The van der Waals surface area contributed by atoms with Crippen LogP contribution in [0.1, 0.15) is 27.2 Å². The largest absolute Gasteiger partial charge is 0.496 e. The molecule has 110 valence electrons. The SMILES string of the molecule is COc1c(C)cnc(COc2ccc(Br)c(C=O)c2)c1C. The summed E-state index contributed by atoms with van der Waals surface area (Å²) in [4.78, 5) is 15.3. The molecule has 2 rings (SSSR count). The molecule has 0 aliphatic rings. The number of aldehydes is 1. The van der Waals surface area contributed by atoms with E-state index in [-0.39, 0.29) is 0 Å². The maximum Gasteiger partial charge on any atom is 0.151 e. The number of carbonyl (C=O) groups is 1. The second kappa shape index (κ2) is 6.72. The number of pyridine rings is 1. The average Bonchev–Trinajstić information content (AvgIpc) is 2.48. The Morgan fingerprint density at radius 3 is 2.76 bits per heavy atom. The number of halogens is 1. The maximum absolute atomic E-state index is 10.9. The molecule has 4 nitrogen and oxygen atoms in total. The van der Waals surface area contributed by atoms with Gasteiger partial charge in [-0.3, -0.25) is 9.78 Å². The minimum atomic E-state index is 0.322. The van der Waals surface area contributed by atoms with Gasteiger partial charge in [0.2, 0.25) is 0 Å². The van der Waals surface area contributed by atoms with Crippen LogP contribution in [-0.4, -0.2) is 18.4 Å². The van der Waals surface area contributed by atoms with Crippen LogP contribution in [0.2, 0.25) is 0 Å². The third-order valence-corrected chi connectivity index (χ3v) is 3.94. The monoisotopic (exact) mass is 349 g/mol. The van der Waals surface area contributed by atoms with Crippen molar-refractivity contribution < 1.29 is 14.3 Å². The van der Waals surface area contributed by atoms with E-state index in [2.05, 4.69) is 20.9 Å². The zero-order valence-corrected chi connectivity index (χ0v) is 13.7.